The summed E-state index contributed by atoms with van der Waals surface area (Å²) in [4.78, 5) is 21.9. The molecule has 0 saturated carbocycles. The molecule has 0 spiro atoms. The number of aromatic nitrogens is 3. The highest BCUT2D eigenvalue weighted by Crippen LogP contribution is 2.34. The van der Waals surface area contributed by atoms with Crippen molar-refractivity contribution in [1.29, 1.82) is 0 Å². The summed E-state index contributed by atoms with van der Waals surface area (Å²) >= 11 is 0. The first-order valence-corrected chi connectivity index (χ1v) is 11.4. The number of piperazine rings is 1. The quantitative estimate of drug-likeness (QED) is 0.614. The summed E-state index contributed by atoms with van der Waals surface area (Å²) in [5.74, 6) is 1.13. The van der Waals surface area contributed by atoms with Gasteiger partial charge in [-0.1, -0.05) is 18.2 Å². The number of carbonyl (C=O) groups is 1. The van der Waals surface area contributed by atoms with E-state index in [9.17, 15) is 4.79 Å². The molecule has 3 aromatic rings. The number of benzene rings is 1. The molecule has 33 heavy (non-hydrogen) atoms. The Bertz CT molecular complexity index is 1310. The number of H-pyrrole nitrogens is 1. The van der Waals surface area contributed by atoms with Crippen LogP contribution in [0, 0.1) is 5.92 Å². The molecule has 2 fully saturated rings. The molecular formula is C26H26N6O. The van der Waals surface area contributed by atoms with E-state index in [1.807, 2.05) is 30.5 Å². The van der Waals surface area contributed by atoms with Crippen LogP contribution in [0.15, 0.2) is 66.0 Å². The van der Waals surface area contributed by atoms with Gasteiger partial charge < -0.3 is 15.1 Å². The molecule has 2 aliphatic heterocycles. The Balaban J connectivity index is 1.26. The van der Waals surface area contributed by atoms with E-state index >= 15 is 0 Å². The van der Waals surface area contributed by atoms with E-state index in [4.69, 9.17) is 4.98 Å². The molecule has 1 amide bonds. The Labute approximate surface area is 192 Å². The molecule has 1 aromatic carbocycles. The van der Waals surface area contributed by atoms with Gasteiger partial charge in [0.15, 0.2) is 0 Å². The maximum absolute atomic E-state index is 12.5. The molecule has 1 aliphatic carbocycles. The summed E-state index contributed by atoms with van der Waals surface area (Å²) in [6.07, 6.45) is 10.8. The van der Waals surface area contributed by atoms with E-state index in [0.717, 1.165) is 77.4 Å². The van der Waals surface area contributed by atoms with Crippen LogP contribution in [0.5, 0.6) is 0 Å². The van der Waals surface area contributed by atoms with Crippen LogP contribution in [0.2, 0.25) is 0 Å². The van der Waals surface area contributed by atoms with E-state index in [0.29, 0.717) is 0 Å². The highest BCUT2D eigenvalue weighted by molar-refractivity contribution is 6.04. The van der Waals surface area contributed by atoms with Crippen LogP contribution in [0.1, 0.15) is 12.0 Å². The second-order valence-electron chi connectivity index (χ2n) is 8.96. The fourth-order valence-electron chi connectivity index (χ4n) is 4.86. The topological polar surface area (TPSA) is 77.1 Å². The van der Waals surface area contributed by atoms with Gasteiger partial charge in [0.1, 0.15) is 11.5 Å². The van der Waals surface area contributed by atoms with Gasteiger partial charge in [-0.05, 0) is 55.4 Å². The van der Waals surface area contributed by atoms with E-state index < -0.39 is 0 Å². The number of nitrogens with zero attached hydrogens (tertiary/aromatic N) is 4. The number of likely N-dealkylation sites (N-methyl/N-ethyl adjacent to an activating group) is 1. The Morgan fingerprint density at radius 2 is 2.00 bits per heavy atom. The number of nitrogens with one attached hydrogen (secondary N) is 2. The fourth-order valence-corrected chi connectivity index (χ4v) is 4.86. The van der Waals surface area contributed by atoms with E-state index in [1.54, 1.807) is 0 Å². The number of aromatic amines is 1. The number of hydrogen-bond acceptors (Lipinski definition) is 5. The van der Waals surface area contributed by atoms with Crippen LogP contribution in [0.25, 0.3) is 28.2 Å². The van der Waals surface area contributed by atoms with Crippen LogP contribution in [-0.2, 0) is 4.79 Å². The molecule has 4 heterocycles. The fraction of sp³-hybridized carbons (Fsp3) is 0.269. The third-order valence-corrected chi connectivity index (χ3v) is 6.81. The van der Waals surface area contributed by atoms with Crippen LogP contribution < -0.4 is 10.2 Å². The van der Waals surface area contributed by atoms with Crippen molar-refractivity contribution in [3.63, 3.8) is 0 Å². The van der Waals surface area contributed by atoms with Gasteiger partial charge >= 0.3 is 0 Å². The molecule has 7 nitrogen and oxygen atoms in total. The van der Waals surface area contributed by atoms with Crippen molar-refractivity contribution in [1.82, 2.24) is 25.4 Å². The minimum Gasteiger partial charge on any atom is -0.354 e. The second kappa shape index (κ2) is 8.01. The molecule has 1 unspecified atom stereocenters. The molecule has 2 aromatic heterocycles. The number of amides is 1. The van der Waals surface area contributed by atoms with E-state index in [1.165, 1.54) is 0 Å². The van der Waals surface area contributed by atoms with Crippen molar-refractivity contribution in [3.8, 4) is 11.3 Å². The number of rotatable bonds is 3. The van der Waals surface area contributed by atoms with Gasteiger partial charge in [0.2, 0.25) is 0 Å². The summed E-state index contributed by atoms with van der Waals surface area (Å²) in [7, 11) is 2.16. The molecular weight excluding hydrogens is 412 g/mol. The van der Waals surface area contributed by atoms with Gasteiger partial charge in [0, 0.05) is 60.5 Å². The molecule has 166 valence electrons. The standard InChI is InChI=1S/C26H26N6O/c1-31-10-12-32(13-11-31)24-9-7-18(16-27-24)25-20-8-6-17(15-23(20)29-30-25)14-21-19-4-2-3-5-22(19)28-26(21)33/h2-3,5-9,14-16,19H,4,10-13H2,1H3,(H,28,33)(H,29,30). The zero-order valence-electron chi connectivity index (χ0n) is 18.6. The Kier molecular flexibility index (Phi) is 4.84. The summed E-state index contributed by atoms with van der Waals surface area (Å²) in [5, 5.41) is 11.8. The normalized spacial score (nSPS) is 22.0. The number of fused-ring (bicyclic) bond motifs is 2. The molecule has 2 saturated heterocycles. The third-order valence-electron chi connectivity index (χ3n) is 6.81. The van der Waals surface area contributed by atoms with Gasteiger partial charge in [0.05, 0.1) is 5.52 Å². The van der Waals surface area contributed by atoms with Gasteiger partial charge in [0.25, 0.3) is 5.91 Å². The molecule has 7 heteroatoms. The van der Waals surface area contributed by atoms with Gasteiger partial charge in [-0.3, -0.25) is 9.89 Å². The molecule has 3 aliphatic rings. The van der Waals surface area contributed by atoms with Crippen molar-refractivity contribution >= 4 is 28.7 Å². The van der Waals surface area contributed by atoms with Crippen LogP contribution >= 0.6 is 0 Å². The lowest BCUT2D eigenvalue weighted by Gasteiger charge is -2.33. The molecule has 1 atom stereocenters. The Morgan fingerprint density at radius 3 is 2.82 bits per heavy atom. The third kappa shape index (κ3) is 3.64. The first kappa shape index (κ1) is 19.9. The van der Waals surface area contributed by atoms with Gasteiger partial charge in [-0.15, -0.1) is 0 Å². The molecule has 0 radical (unpaired) electrons. The largest absolute Gasteiger partial charge is 0.354 e. The lowest BCUT2D eigenvalue weighted by atomic mass is 9.91. The van der Waals surface area contributed by atoms with Crippen molar-refractivity contribution in [3.05, 3.63) is 71.6 Å². The monoisotopic (exact) mass is 438 g/mol. The molecule has 0 bridgehead atoms. The summed E-state index contributed by atoms with van der Waals surface area (Å²) < 4.78 is 0. The number of hydrogen-bond donors (Lipinski definition) is 2. The Hall–Kier alpha value is -3.71. The predicted octanol–water partition coefficient (Wildman–Crippen LogP) is 3.35. The summed E-state index contributed by atoms with van der Waals surface area (Å²) in [6, 6.07) is 10.4. The maximum atomic E-state index is 12.5. The van der Waals surface area contributed by atoms with Crippen molar-refractivity contribution in [2.45, 2.75) is 6.42 Å². The van der Waals surface area contributed by atoms with Crippen molar-refractivity contribution < 1.29 is 4.79 Å². The number of anilines is 1. The average molecular weight is 439 g/mol. The van der Waals surface area contributed by atoms with Crippen LogP contribution in [0.4, 0.5) is 5.82 Å². The Morgan fingerprint density at radius 1 is 1.12 bits per heavy atom. The minimum absolute atomic E-state index is 0.00754. The SMILES string of the molecule is CN1CCN(c2ccc(-c3n[nH]c4cc(C=C5C(=O)NC6=CC=CCC65)ccc34)cn2)CC1. The average Bonchev–Trinajstić information content (AvgIpc) is 3.40. The number of carbonyl (C=O) groups excluding carboxylic acids is 1. The first-order chi connectivity index (χ1) is 16.2. The number of allylic oxidation sites excluding steroid dienone is 4. The first-order valence-electron chi connectivity index (χ1n) is 11.4. The zero-order valence-corrected chi connectivity index (χ0v) is 18.6. The van der Waals surface area contributed by atoms with Crippen LogP contribution in [-0.4, -0.2) is 59.2 Å². The highest BCUT2D eigenvalue weighted by atomic mass is 16.2. The summed E-state index contributed by atoms with van der Waals surface area (Å²) in [6.45, 7) is 4.11. The predicted molar refractivity (Wildman–Crippen MR) is 130 cm³/mol. The highest BCUT2D eigenvalue weighted by Gasteiger charge is 2.32. The minimum atomic E-state index is -0.00754. The maximum Gasteiger partial charge on any atom is 0.252 e. The van der Waals surface area contributed by atoms with Crippen molar-refractivity contribution in [2.24, 2.45) is 5.92 Å². The summed E-state index contributed by atoms with van der Waals surface area (Å²) in [5.41, 5.74) is 5.62. The second-order valence-corrected chi connectivity index (χ2v) is 8.96. The number of pyridine rings is 1. The molecule has 2 N–H and O–H groups in total. The van der Waals surface area contributed by atoms with Gasteiger partial charge in [-0.25, -0.2) is 4.98 Å². The van der Waals surface area contributed by atoms with Crippen molar-refractivity contribution in [2.75, 3.05) is 38.1 Å². The molecule has 6 rings (SSSR count). The van der Waals surface area contributed by atoms with E-state index in [-0.39, 0.29) is 11.8 Å². The van der Waals surface area contributed by atoms with E-state index in [2.05, 4.69) is 62.7 Å². The van der Waals surface area contributed by atoms with Crippen LogP contribution in [0.3, 0.4) is 0 Å². The zero-order chi connectivity index (χ0) is 22.4. The smallest absolute Gasteiger partial charge is 0.252 e. The lowest BCUT2D eigenvalue weighted by molar-refractivity contribution is -0.115. The van der Waals surface area contributed by atoms with Gasteiger partial charge in [-0.2, -0.15) is 5.10 Å². The lowest BCUT2D eigenvalue weighted by Crippen LogP contribution is -2.44.